The van der Waals surface area contributed by atoms with Gasteiger partial charge >= 0.3 is 11.9 Å². The van der Waals surface area contributed by atoms with Crippen molar-refractivity contribution in [1.82, 2.24) is 0 Å². The van der Waals surface area contributed by atoms with Crippen LogP contribution in [0.25, 0.3) is 0 Å². The molecule has 8 radical (unpaired) electrons. The van der Waals surface area contributed by atoms with Crippen LogP contribution in [0.3, 0.4) is 0 Å². The van der Waals surface area contributed by atoms with Crippen LogP contribution in [-0.4, -0.2) is 59.2 Å². The first kappa shape index (κ1) is 39.6. The molecule has 0 rings (SSSR count). The van der Waals surface area contributed by atoms with E-state index >= 15 is 0 Å². The normalized spacial score (nSPS) is 7.52. The third-order valence-corrected chi connectivity index (χ3v) is 1.74. The van der Waals surface area contributed by atoms with Crippen molar-refractivity contribution < 1.29 is 24.5 Å². The van der Waals surface area contributed by atoms with Gasteiger partial charge in [0.2, 0.25) is 0 Å². The molecule has 0 fully saturated rings. The summed E-state index contributed by atoms with van der Waals surface area (Å²) >= 11 is 0. The fourth-order valence-electron chi connectivity index (χ4n) is 0.185. The molecule has 0 aromatic heterocycles. The number of carbonyl (C=O) groups is 2. The number of hydrogen-bond acceptors (Lipinski definition) is 4. The van der Waals surface area contributed by atoms with Crippen molar-refractivity contribution in [3.63, 3.8) is 0 Å². The maximum Gasteiger partial charge on any atom is 0.414 e. The maximum absolute atomic E-state index is 9.10. The molecule has 0 aromatic carbocycles. The first-order chi connectivity index (χ1) is 11.3. The molecule has 150 valence electrons. The van der Waals surface area contributed by atoms with E-state index in [-0.39, 0.29) is 23.9 Å². The largest absolute Gasteiger partial charge is 0.473 e. The Kier molecular flexibility index (Phi) is 78.6. The van der Waals surface area contributed by atoms with Crippen molar-refractivity contribution >= 4 is 35.8 Å². The minimum absolute atomic E-state index is 0. The third kappa shape index (κ3) is 119. The summed E-state index contributed by atoms with van der Waals surface area (Å²) in [5.41, 5.74) is 5.11. The van der Waals surface area contributed by atoms with Crippen molar-refractivity contribution in [1.29, 1.82) is 0 Å². The standard InChI is InChI=1S/C4H10NO.3C4H9.C2H2O4.Sn/c1-6-4-2-3-5;3*1-3-4-2;3-1(4)2(5)6;/h1-5H2;3*1,3-4H2,2H3;(H,3,4)(H,5,6);. The van der Waals surface area contributed by atoms with Crippen LogP contribution in [0.15, 0.2) is 0 Å². The Morgan fingerprint density at radius 3 is 1.16 bits per heavy atom. The number of rotatable bonds is 6. The number of carboxylic acids is 2. The molecule has 0 saturated heterocycles. The Hall–Kier alpha value is -0.341. The number of ether oxygens (including phenoxy) is 1. The summed E-state index contributed by atoms with van der Waals surface area (Å²) < 4.78 is 4.45. The molecule has 0 spiro atoms. The summed E-state index contributed by atoms with van der Waals surface area (Å²) in [5.74, 6) is -3.65. The fourth-order valence-corrected chi connectivity index (χ4v) is 0.185. The van der Waals surface area contributed by atoms with E-state index in [9.17, 15) is 0 Å². The summed E-state index contributed by atoms with van der Waals surface area (Å²) in [7, 11) is 3.17. The monoisotopic (exact) mass is 469 g/mol. The van der Waals surface area contributed by atoms with E-state index in [1.165, 1.54) is 19.3 Å². The molecule has 0 amide bonds. The minimum Gasteiger partial charge on any atom is -0.473 e. The van der Waals surface area contributed by atoms with Gasteiger partial charge < -0.3 is 20.7 Å². The van der Waals surface area contributed by atoms with Gasteiger partial charge in [0.05, 0.1) is 7.11 Å². The van der Waals surface area contributed by atoms with E-state index < -0.39 is 11.9 Å². The van der Waals surface area contributed by atoms with Gasteiger partial charge in [-0.1, -0.05) is 80.1 Å². The molecule has 0 bridgehead atoms. The Labute approximate surface area is 172 Å². The minimum atomic E-state index is -1.82. The van der Waals surface area contributed by atoms with Crippen molar-refractivity contribution in [2.24, 2.45) is 5.73 Å². The molecule has 4 N–H and O–H groups in total. The molecule has 0 unspecified atom stereocenters. The zero-order valence-corrected chi connectivity index (χ0v) is 19.2. The van der Waals surface area contributed by atoms with Gasteiger partial charge in [-0.3, -0.25) is 0 Å². The number of aliphatic carboxylic acids is 2. The van der Waals surface area contributed by atoms with Gasteiger partial charge in [0.15, 0.2) is 0 Å². The molecule has 0 heterocycles. The molecule has 0 saturated carbocycles. The van der Waals surface area contributed by atoms with Crippen molar-refractivity contribution in [2.45, 2.75) is 65.7 Å². The Bertz CT molecular complexity index is 186. The third-order valence-electron chi connectivity index (χ3n) is 1.74. The van der Waals surface area contributed by atoms with Gasteiger partial charge in [-0.05, 0) is 13.0 Å². The second kappa shape index (κ2) is 49.5. The second-order valence-corrected chi connectivity index (χ2v) is 4.22. The average Bonchev–Trinajstić information content (AvgIpc) is 2.60. The topological polar surface area (TPSA) is 110 Å². The van der Waals surface area contributed by atoms with E-state index in [1.54, 1.807) is 0 Å². The smallest absolute Gasteiger partial charge is 0.414 e. The van der Waals surface area contributed by atoms with Crippen LogP contribution in [0.1, 0.15) is 65.7 Å². The van der Waals surface area contributed by atoms with E-state index in [1.807, 2.05) is 0 Å². The van der Waals surface area contributed by atoms with E-state index in [0.717, 1.165) is 25.7 Å². The summed E-state index contributed by atoms with van der Waals surface area (Å²) in [6, 6.07) is 0. The van der Waals surface area contributed by atoms with Crippen molar-refractivity contribution in [3.05, 3.63) is 27.9 Å². The molecule has 6 nitrogen and oxygen atoms in total. The Morgan fingerprint density at radius 1 is 0.880 bits per heavy atom. The number of hydrogen-bond donors (Lipinski definition) is 3. The average molecular weight is 468 g/mol. The number of nitrogens with two attached hydrogens (primary N) is 1. The predicted octanol–water partition coefficient (Wildman–Crippen LogP) is 3.78. The second-order valence-electron chi connectivity index (χ2n) is 4.22. The van der Waals surface area contributed by atoms with Gasteiger partial charge in [-0.25, -0.2) is 9.59 Å². The van der Waals surface area contributed by atoms with Gasteiger partial charge in [0, 0.05) is 30.5 Å². The summed E-state index contributed by atoms with van der Waals surface area (Å²) in [6.45, 7) is 18.5. The van der Waals surface area contributed by atoms with Crippen LogP contribution in [0.2, 0.25) is 0 Å². The zero-order chi connectivity index (χ0) is 20.2. The molecule has 7 heteroatoms. The first-order valence-electron chi connectivity index (χ1n) is 8.21. The van der Waals surface area contributed by atoms with E-state index in [0.29, 0.717) is 13.2 Å². The molecule has 0 aliphatic carbocycles. The molecule has 0 aliphatic heterocycles. The number of unbranched alkanes of at least 4 members (excludes halogenated alkanes) is 3. The summed E-state index contributed by atoms with van der Waals surface area (Å²) in [5, 5.41) is 14.8. The van der Waals surface area contributed by atoms with Crippen molar-refractivity contribution in [3.8, 4) is 0 Å². The van der Waals surface area contributed by atoms with Crippen LogP contribution < -0.4 is 5.73 Å². The molecule has 0 atom stereocenters. The molecular weight excluding hydrogens is 429 g/mol. The first-order valence-corrected chi connectivity index (χ1v) is 8.21. The van der Waals surface area contributed by atoms with Crippen LogP contribution in [0.4, 0.5) is 0 Å². The van der Waals surface area contributed by atoms with Crippen LogP contribution >= 0.6 is 0 Å². The fraction of sp³-hybridized carbons (Fsp3) is 0.667. The van der Waals surface area contributed by atoms with E-state index in [2.05, 4.69) is 53.4 Å². The van der Waals surface area contributed by atoms with Crippen LogP contribution in [-0.2, 0) is 14.3 Å². The molecule has 25 heavy (non-hydrogen) atoms. The Balaban J connectivity index is -0.0000000454. The maximum atomic E-state index is 9.10. The van der Waals surface area contributed by atoms with Gasteiger partial charge in [0.1, 0.15) is 0 Å². The van der Waals surface area contributed by atoms with Crippen LogP contribution in [0, 0.1) is 27.9 Å². The van der Waals surface area contributed by atoms with Gasteiger partial charge in [-0.2, -0.15) is 0 Å². The van der Waals surface area contributed by atoms with Gasteiger partial charge in [-0.15, -0.1) is 0 Å². The van der Waals surface area contributed by atoms with E-state index in [4.69, 9.17) is 25.5 Å². The van der Waals surface area contributed by atoms with Crippen molar-refractivity contribution in [2.75, 3.05) is 13.2 Å². The van der Waals surface area contributed by atoms with Crippen LogP contribution in [0.5, 0.6) is 0 Å². The Morgan fingerprint density at radius 2 is 1.12 bits per heavy atom. The van der Waals surface area contributed by atoms with Gasteiger partial charge in [0.25, 0.3) is 0 Å². The summed E-state index contributed by atoms with van der Waals surface area (Å²) in [4.78, 5) is 18.2. The summed E-state index contributed by atoms with van der Waals surface area (Å²) in [6.07, 6.45) is 7.74. The quantitative estimate of drug-likeness (QED) is 0.311. The molecule has 0 aliphatic rings. The molecule has 0 aromatic rings. The number of carboxylic acid groups (broad SMARTS) is 2. The zero-order valence-electron chi connectivity index (χ0n) is 16.4. The molecular formula is C18H39NO5Sn. The predicted molar refractivity (Wildman–Crippen MR) is 107 cm³/mol. The SMILES string of the molecule is O=C(O)C(=O)O.[CH2]CCC.[CH2]CCC.[CH2]CCC.[CH2]OCCCN.[Sn].